The number of hydrogen-bond acceptors (Lipinski definition) is 6. The van der Waals surface area contributed by atoms with Gasteiger partial charge < -0.3 is 19.9 Å². The average molecular weight is 546 g/mol. The SMILES string of the molecule is CCn1cnc(-c2cc3nccc(OC4=C(F)C=C(NC(=O)CC(=O)Nc5cccc(F)c5)C#CC4)c3s2)c1. The van der Waals surface area contributed by atoms with Gasteiger partial charge >= 0.3 is 0 Å². The van der Waals surface area contributed by atoms with Crippen LogP contribution in [0.2, 0.25) is 0 Å². The molecule has 0 bridgehead atoms. The second-order valence-corrected chi connectivity index (χ2v) is 9.47. The van der Waals surface area contributed by atoms with E-state index < -0.39 is 29.9 Å². The van der Waals surface area contributed by atoms with E-state index in [4.69, 9.17) is 4.74 Å². The van der Waals surface area contributed by atoms with Crippen molar-refractivity contribution in [2.75, 3.05) is 5.32 Å². The highest BCUT2D eigenvalue weighted by molar-refractivity contribution is 7.22. The number of halogens is 2. The average Bonchev–Trinajstić information content (AvgIpc) is 3.51. The van der Waals surface area contributed by atoms with Crippen molar-refractivity contribution in [1.29, 1.82) is 0 Å². The van der Waals surface area contributed by atoms with Crippen molar-refractivity contribution in [1.82, 2.24) is 19.9 Å². The molecule has 0 saturated carbocycles. The molecule has 0 radical (unpaired) electrons. The first-order chi connectivity index (χ1) is 18.9. The maximum absolute atomic E-state index is 15.1. The van der Waals surface area contributed by atoms with Gasteiger partial charge in [0.1, 0.15) is 18.0 Å². The van der Waals surface area contributed by atoms with Crippen LogP contribution in [-0.4, -0.2) is 26.3 Å². The predicted octanol–water partition coefficient (Wildman–Crippen LogP) is 5.31. The number of nitrogens with zero attached hydrogens (tertiary/aromatic N) is 3. The van der Waals surface area contributed by atoms with Gasteiger partial charge in [-0.1, -0.05) is 12.0 Å². The number of rotatable bonds is 8. The van der Waals surface area contributed by atoms with Gasteiger partial charge in [-0.15, -0.1) is 11.3 Å². The van der Waals surface area contributed by atoms with Gasteiger partial charge in [-0.3, -0.25) is 14.6 Å². The Hall–Kier alpha value is -4.82. The first-order valence-electron chi connectivity index (χ1n) is 11.9. The highest BCUT2D eigenvalue weighted by Gasteiger charge is 2.17. The van der Waals surface area contributed by atoms with Crippen LogP contribution in [-0.2, 0) is 16.1 Å². The van der Waals surface area contributed by atoms with Crippen molar-refractivity contribution in [2.45, 2.75) is 26.3 Å². The molecule has 0 unspecified atom stereocenters. The number of carbonyl (C=O) groups excluding carboxylic acids is 2. The van der Waals surface area contributed by atoms with Gasteiger partial charge in [0.15, 0.2) is 11.6 Å². The monoisotopic (exact) mass is 545 g/mol. The summed E-state index contributed by atoms with van der Waals surface area (Å²) in [4.78, 5) is 34.2. The zero-order chi connectivity index (χ0) is 27.4. The molecule has 5 rings (SSSR count). The standard InChI is InChI=1S/C28H21F2N5O3S/c1-2-35-15-22(32-16-35)25-13-21-28(39-25)24(9-10-31-21)38-23-8-4-7-19(12-20(23)30)34-27(37)14-26(36)33-18-6-3-5-17(29)11-18/h3,5-6,9-13,15-16H,2,8,14H2,1H3,(H,33,36)(H,34,37). The molecule has 196 valence electrons. The van der Waals surface area contributed by atoms with E-state index in [0.717, 1.165) is 34.0 Å². The molecule has 1 aromatic carbocycles. The fourth-order valence-corrected chi connectivity index (χ4v) is 4.75. The number of aryl methyl sites for hydroxylation is 1. The summed E-state index contributed by atoms with van der Waals surface area (Å²) in [7, 11) is 0. The molecule has 0 spiro atoms. The number of nitrogens with one attached hydrogen (secondary N) is 2. The number of amides is 2. The lowest BCUT2D eigenvalue weighted by Crippen LogP contribution is -2.27. The summed E-state index contributed by atoms with van der Waals surface area (Å²) in [6, 6.07) is 8.84. The number of allylic oxidation sites excluding steroid dienone is 4. The molecule has 4 aromatic rings. The van der Waals surface area contributed by atoms with Crippen molar-refractivity contribution >= 4 is 39.1 Å². The number of benzene rings is 1. The van der Waals surface area contributed by atoms with E-state index in [1.807, 2.05) is 23.8 Å². The van der Waals surface area contributed by atoms with Crippen LogP contribution in [0.4, 0.5) is 14.5 Å². The molecule has 8 nitrogen and oxygen atoms in total. The quantitative estimate of drug-likeness (QED) is 0.231. The van der Waals surface area contributed by atoms with Crippen LogP contribution in [0, 0.1) is 17.7 Å². The van der Waals surface area contributed by atoms with Crippen LogP contribution in [0.25, 0.3) is 20.8 Å². The molecule has 1 aliphatic carbocycles. The summed E-state index contributed by atoms with van der Waals surface area (Å²) in [5.41, 5.74) is 1.71. The smallest absolute Gasteiger partial charge is 0.234 e. The van der Waals surface area contributed by atoms with Crippen LogP contribution in [0.1, 0.15) is 19.8 Å². The Bertz CT molecular complexity index is 1710. The van der Waals surface area contributed by atoms with Gasteiger partial charge in [0, 0.05) is 36.8 Å². The molecule has 0 fully saturated rings. The van der Waals surface area contributed by atoms with E-state index in [-0.39, 0.29) is 23.6 Å². The number of pyridine rings is 1. The van der Waals surface area contributed by atoms with Gasteiger partial charge in [-0.05, 0) is 37.1 Å². The number of imidazole rings is 1. The highest BCUT2D eigenvalue weighted by atomic mass is 32.1. The van der Waals surface area contributed by atoms with E-state index in [1.54, 1.807) is 18.6 Å². The van der Waals surface area contributed by atoms with Crippen molar-refractivity contribution in [3.8, 4) is 28.2 Å². The number of aromatic nitrogens is 3. The largest absolute Gasteiger partial charge is 0.456 e. The molecule has 3 heterocycles. The van der Waals surface area contributed by atoms with Crippen molar-refractivity contribution in [2.24, 2.45) is 0 Å². The number of carbonyl (C=O) groups is 2. The minimum Gasteiger partial charge on any atom is -0.456 e. The third-order valence-corrected chi connectivity index (χ3v) is 6.73. The number of anilines is 1. The van der Waals surface area contributed by atoms with Crippen molar-refractivity contribution in [3.63, 3.8) is 0 Å². The molecule has 1 aliphatic rings. The molecular formula is C28H21F2N5O3S. The Balaban J connectivity index is 1.28. The Labute approximate surface area is 226 Å². The maximum atomic E-state index is 15.1. The molecule has 2 N–H and O–H groups in total. The van der Waals surface area contributed by atoms with E-state index in [1.165, 1.54) is 29.5 Å². The molecular weight excluding hydrogens is 524 g/mol. The van der Waals surface area contributed by atoms with Gasteiger partial charge in [0.2, 0.25) is 11.8 Å². The number of ether oxygens (including phenoxy) is 1. The molecule has 0 aliphatic heterocycles. The van der Waals surface area contributed by atoms with Gasteiger partial charge in [-0.2, -0.15) is 0 Å². The van der Waals surface area contributed by atoms with Gasteiger partial charge in [0.25, 0.3) is 0 Å². The van der Waals surface area contributed by atoms with Crippen LogP contribution >= 0.6 is 11.3 Å². The van der Waals surface area contributed by atoms with Crippen LogP contribution in [0.3, 0.4) is 0 Å². The van der Waals surface area contributed by atoms with E-state index >= 15 is 4.39 Å². The Kier molecular flexibility index (Phi) is 7.47. The third kappa shape index (κ3) is 6.19. The topological polar surface area (TPSA) is 98.1 Å². The third-order valence-electron chi connectivity index (χ3n) is 5.57. The first-order valence-corrected chi connectivity index (χ1v) is 12.7. The molecule has 11 heteroatoms. The second kappa shape index (κ2) is 11.3. The number of fused-ring (bicyclic) bond motifs is 1. The lowest BCUT2D eigenvalue weighted by molar-refractivity contribution is -0.126. The zero-order valence-corrected chi connectivity index (χ0v) is 21.4. The summed E-state index contributed by atoms with van der Waals surface area (Å²) in [5.74, 6) is 3.25. The highest BCUT2D eigenvalue weighted by Crippen LogP contribution is 2.38. The zero-order valence-electron chi connectivity index (χ0n) is 20.6. The second-order valence-electron chi connectivity index (χ2n) is 8.42. The Morgan fingerprint density at radius 1 is 1.15 bits per heavy atom. The minimum atomic E-state index is -0.726. The van der Waals surface area contributed by atoms with Gasteiger partial charge in [0.05, 0.1) is 39.2 Å². The Morgan fingerprint density at radius 2 is 2.00 bits per heavy atom. The number of hydrogen-bond donors (Lipinski definition) is 2. The Morgan fingerprint density at radius 3 is 2.79 bits per heavy atom. The molecule has 0 saturated heterocycles. The van der Waals surface area contributed by atoms with Gasteiger partial charge in [-0.25, -0.2) is 13.8 Å². The first kappa shape index (κ1) is 25.8. The normalized spacial score (nSPS) is 12.8. The van der Waals surface area contributed by atoms with Crippen LogP contribution in [0.5, 0.6) is 5.75 Å². The lowest BCUT2D eigenvalue weighted by atomic mass is 10.3. The number of thiophene rings is 1. The fourth-order valence-electron chi connectivity index (χ4n) is 3.73. The molecule has 3 aromatic heterocycles. The van der Waals surface area contributed by atoms with Crippen LogP contribution < -0.4 is 15.4 Å². The van der Waals surface area contributed by atoms with E-state index in [0.29, 0.717) is 11.3 Å². The summed E-state index contributed by atoms with van der Waals surface area (Å²) >= 11 is 1.44. The predicted molar refractivity (Wildman–Crippen MR) is 144 cm³/mol. The lowest BCUT2D eigenvalue weighted by Gasteiger charge is -2.09. The summed E-state index contributed by atoms with van der Waals surface area (Å²) in [5, 5.41) is 4.86. The minimum absolute atomic E-state index is 0.0144. The van der Waals surface area contributed by atoms with E-state index in [2.05, 4.69) is 32.4 Å². The van der Waals surface area contributed by atoms with Crippen molar-refractivity contribution in [3.05, 3.63) is 84.3 Å². The molecule has 2 amide bonds. The summed E-state index contributed by atoms with van der Waals surface area (Å²) in [6.07, 6.45) is 5.74. The maximum Gasteiger partial charge on any atom is 0.234 e. The van der Waals surface area contributed by atoms with Crippen LogP contribution in [0.15, 0.2) is 78.5 Å². The van der Waals surface area contributed by atoms with E-state index in [9.17, 15) is 14.0 Å². The van der Waals surface area contributed by atoms with Crippen molar-refractivity contribution < 1.29 is 23.1 Å². The summed E-state index contributed by atoms with van der Waals surface area (Å²) in [6.45, 7) is 2.83. The molecule has 0 atom stereocenters. The fraction of sp³-hybridized carbons (Fsp3) is 0.143. The molecule has 39 heavy (non-hydrogen) atoms. The summed E-state index contributed by atoms with van der Waals surface area (Å²) < 4.78 is 37.0.